The number of carbonyl (C=O) groups is 2. The smallest absolute Gasteiger partial charge is 0.335 e. The van der Waals surface area contributed by atoms with Crippen LogP contribution in [0.3, 0.4) is 0 Å². The van der Waals surface area contributed by atoms with Gasteiger partial charge in [0.25, 0.3) is 0 Å². The first-order valence-corrected chi connectivity index (χ1v) is 8.28. The molecular formula is C19H11BrN2O3. The standard InChI is InChI=1S/C19H11BrN2O3/c20-14-4-2-1-3-12(14)18(23)17-16-11(7-8-21-17)13-9-10(19(24)25)5-6-15(13)22-16/h1-9,22H,(H,24,25). The van der Waals surface area contributed by atoms with Gasteiger partial charge in [-0.3, -0.25) is 9.78 Å². The molecule has 122 valence electrons. The van der Waals surface area contributed by atoms with Crippen LogP contribution in [0.15, 0.2) is 59.2 Å². The number of pyridine rings is 1. The summed E-state index contributed by atoms with van der Waals surface area (Å²) in [5, 5.41) is 10.7. The molecule has 0 radical (unpaired) electrons. The van der Waals surface area contributed by atoms with Gasteiger partial charge in [-0.05, 0) is 36.4 Å². The van der Waals surface area contributed by atoms with Crippen molar-refractivity contribution in [3.8, 4) is 0 Å². The minimum absolute atomic E-state index is 0.198. The highest BCUT2D eigenvalue weighted by Crippen LogP contribution is 2.29. The number of benzene rings is 2. The summed E-state index contributed by atoms with van der Waals surface area (Å²) in [6.07, 6.45) is 1.56. The van der Waals surface area contributed by atoms with Gasteiger partial charge in [0.1, 0.15) is 5.69 Å². The van der Waals surface area contributed by atoms with Crippen molar-refractivity contribution < 1.29 is 14.7 Å². The lowest BCUT2D eigenvalue weighted by atomic mass is 10.0. The Hall–Kier alpha value is -2.99. The lowest BCUT2D eigenvalue weighted by Gasteiger charge is -2.04. The van der Waals surface area contributed by atoms with Crippen LogP contribution in [0.2, 0.25) is 0 Å². The van der Waals surface area contributed by atoms with Crippen LogP contribution in [0.25, 0.3) is 21.8 Å². The molecule has 2 aromatic heterocycles. The van der Waals surface area contributed by atoms with Crippen molar-refractivity contribution in [1.82, 2.24) is 9.97 Å². The molecule has 4 aromatic rings. The van der Waals surface area contributed by atoms with Gasteiger partial charge in [0.05, 0.1) is 11.1 Å². The summed E-state index contributed by atoms with van der Waals surface area (Å²) >= 11 is 3.39. The number of fused-ring (bicyclic) bond motifs is 3. The fourth-order valence-electron chi connectivity index (χ4n) is 2.90. The Balaban J connectivity index is 1.97. The maximum absolute atomic E-state index is 12.9. The molecule has 0 saturated heterocycles. The highest BCUT2D eigenvalue weighted by atomic mass is 79.9. The van der Waals surface area contributed by atoms with E-state index in [9.17, 15) is 14.7 Å². The van der Waals surface area contributed by atoms with Gasteiger partial charge in [0, 0.05) is 32.5 Å². The number of carboxylic acids is 1. The van der Waals surface area contributed by atoms with Gasteiger partial charge in [-0.1, -0.05) is 28.1 Å². The minimum atomic E-state index is -0.991. The third-order valence-corrected chi connectivity index (χ3v) is 4.79. The Morgan fingerprint density at radius 3 is 2.60 bits per heavy atom. The molecule has 4 rings (SSSR count). The van der Waals surface area contributed by atoms with Gasteiger partial charge < -0.3 is 10.1 Å². The first kappa shape index (κ1) is 15.5. The van der Waals surface area contributed by atoms with Crippen molar-refractivity contribution in [3.05, 3.63) is 76.0 Å². The second-order valence-electron chi connectivity index (χ2n) is 5.58. The number of ketones is 1. The van der Waals surface area contributed by atoms with Crippen molar-refractivity contribution in [2.45, 2.75) is 0 Å². The summed E-state index contributed by atoms with van der Waals surface area (Å²) in [6, 6.07) is 13.8. The quantitative estimate of drug-likeness (QED) is 0.504. The van der Waals surface area contributed by atoms with Gasteiger partial charge in [-0.2, -0.15) is 0 Å². The number of H-pyrrole nitrogens is 1. The molecule has 0 spiro atoms. The number of aromatic amines is 1. The molecule has 0 bridgehead atoms. The summed E-state index contributed by atoms with van der Waals surface area (Å²) in [5.74, 6) is -1.20. The molecule has 0 atom stereocenters. The summed E-state index contributed by atoms with van der Waals surface area (Å²) in [5.41, 5.74) is 2.38. The SMILES string of the molecule is O=C(O)c1ccc2[nH]c3c(C(=O)c4ccccc4Br)nccc3c2c1. The highest BCUT2D eigenvalue weighted by molar-refractivity contribution is 9.10. The molecule has 2 heterocycles. The van der Waals surface area contributed by atoms with E-state index in [4.69, 9.17) is 0 Å². The van der Waals surface area contributed by atoms with Crippen LogP contribution in [0.5, 0.6) is 0 Å². The molecule has 0 fully saturated rings. The number of aromatic carboxylic acids is 1. The summed E-state index contributed by atoms with van der Waals surface area (Å²) in [7, 11) is 0. The van der Waals surface area contributed by atoms with Crippen molar-refractivity contribution in [2.75, 3.05) is 0 Å². The Morgan fingerprint density at radius 1 is 1.04 bits per heavy atom. The average molecular weight is 395 g/mol. The van der Waals surface area contributed by atoms with Crippen molar-refractivity contribution in [1.29, 1.82) is 0 Å². The topological polar surface area (TPSA) is 83.0 Å². The minimum Gasteiger partial charge on any atom is -0.478 e. The van der Waals surface area contributed by atoms with E-state index >= 15 is 0 Å². The second kappa shape index (κ2) is 5.82. The van der Waals surface area contributed by atoms with Gasteiger partial charge in [-0.15, -0.1) is 0 Å². The van der Waals surface area contributed by atoms with Gasteiger partial charge in [0.2, 0.25) is 5.78 Å². The predicted octanol–water partition coefficient (Wildman–Crippen LogP) is 4.41. The number of hydrogen-bond donors (Lipinski definition) is 2. The fourth-order valence-corrected chi connectivity index (χ4v) is 3.37. The van der Waals surface area contributed by atoms with Gasteiger partial charge >= 0.3 is 5.97 Å². The average Bonchev–Trinajstić information content (AvgIpc) is 2.99. The Kier molecular flexibility index (Phi) is 3.62. The molecule has 0 saturated carbocycles. The molecule has 2 N–H and O–H groups in total. The number of halogens is 1. The van der Waals surface area contributed by atoms with Gasteiger partial charge in [-0.25, -0.2) is 4.79 Å². The molecule has 2 aromatic carbocycles. The fraction of sp³-hybridized carbons (Fsp3) is 0. The zero-order chi connectivity index (χ0) is 17.6. The van der Waals surface area contributed by atoms with Crippen LogP contribution in [-0.2, 0) is 0 Å². The first-order valence-electron chi connectivity index (χ1n) is 7.49. The molecule has 25 heavy (non-hydrogen) atoms. The molecule has 0 aliphatic carbocycles. The molecule has 0 aliphatic heterocycles. The van der Waals surface area contributed by atoms with Gasteiger partial charge in [0.15, 0.2) is 0 Å². The van der Waals surface area contributed by atoms with E-state index in [1.54, 1.807) is 42.6 Å². The largest absolute Gasteiger partial charge is 0.478 e. The molecule has 0 unspecified atom stereocenters. The maximum atomic E-state index is 12.9. The Bertz CT molecular complexity index is 1160. The van der Waals surface area contributed by atoms with Crippen molar-refractivity contribution in [2.24, 2.45) is 0 Å². The molecule has 0 aliphatic rings. The van der Waals surface area contributed by atoms with Crippen molar-refractivity contribution in [3.63, 3.8) is 0 Å². The third kappa shape index (κ3) is 2.51. The van der Waals surface area contributed by atoms with Crippen molar-refractivity contribution >= 4 is 49.5 Å². The van der Waals surface area contributed by atoms with Crippen LogP contribution in [0, 0.1) is 0 Å². The van der Waals surface area contributed by atoms with E-state index in [2.05, 4.69) is 25.9 Å². The number of rotatable bonds is 3. The highest BCUT2D eigenvalue weighted by Gasteiger charge is 2.19. The summed E-state index contributed by atoms with van der Waals surface area (Å²) in [6.45, 7) is 0. The summed E-state index contributed by atoms with van der Waals surface area (Å²) in [4.78, 5) is 31.6. The number of hydrogen-bond acceptors (Lipinski definition) is 3. The van der Waals surface area contributed by atoms with E-state index in [1.807, 2.05) is 6.07 Å². The summed E-state index contributed by atoms with van der Waals surface area (Å²) < 4.78 is 0.697. The normalized spacial score (nSPS) is 11.1. The molecular weight excluding hydrogens is 384 g/mol. The molecule has 5 nitrogen and oxygen atoms in total. The predicted molar refractivity (Wildman–Crippen MR) is 98.1 cm³/mol. The number of aromatic nitrogens is 2. The lowest BCUT2D eigenvalue weighted by molar-refractivity contribution is 0.0697. The number of nitrogens with one attached hydrogen (secondary N) is 1. The van der Waals surface area contributed by atoms with E-state index in [-0.39, 0.29) is 11.3 Å². The van der Waals surface area contributed by atoms with Crippen LogP contribution in [-0.4, -0.2) is 26.8 Å². The maximum Gasteiger partial charge on any atom is 0.335 e. The number of carbonyl (C=O) groups excluding carboxylic acids is 1. The van der Waals surface area contributed by atoms with Crippen LogP contribution >= 0.6 is 15.9 Å². The first-order chi connectivity index (χ1) is 12.1. The molecule has 6 heteroatoms. The van der Waals surface area contributed by atoms with Crippen LogP contribution in [0.1, 0.15) is 26.4 Å². The van der Waals surface area contributed by atoms with E-state index < -0.39 is 5.97 Å². The lowest BCUT2D eigenvalue weighted by Crippen LogP contribution is -2.05. The third-order valence-electron chi connectivity index (χ3n) is 4.10. The molecule has 0 amide bonds. The van der Waals surface area contributed by atoms with E-state index in [0.717, 1.165) is 16.3 Å². The zero-order valence-electron chi connectivity index (χ0n) is 12.8. The number of carboxylic acid groups (broad SMARTS) is 1. The number of nitrogens with zero attached hydrogens (tertiary/aromatic N) is 1. The second-order valence-corrected chi connectivity index (χ2v) is 6.44. The van der Waals surface area contributed by atoms with Crippen LogP contribution < -0.4 is 0 Å². The Labute approximate surface area is 150 Å². The van der Waals surface area contributed by atoms with E-state index in [1.165, 1.54) is 6.07 Å². The van der Waals surface area contributed by atoms with Crippen LogP contribution in [0.4, 0.5) is 0 Å². The zero-order valence-corrected chi connectivity index (χ0v) is 14.4. The monoisotopic (exact) mass is 394 g/mol. The van der Waals surface area contributed by atoms with E-state index in [0.29, 0.717) is 21.2 Å². The Morgan fingerprint density at radius 2 is 1.84 bits per heavy atom.